The molecule has 32 heavy (non-hydrogen) atoms. The topological polar surface area (TPSA) is 51.6 Å². The van der Waals surface area contributed by atoms with Crippen LogP contribution in [0.3, 0.4) is 0 Å². The summed E-state index contributed by atoms with van der Waals surface area (Å²) >= 11 is 17.8. The van der Waals surface area contributed by atoms with Crippen LogP contribution in [0, 0.1) is 19.7 Å². The van der Waals surface area contributed by atoms with Gasteiger partial charge < -0.3 is 0 Å². The second-order valence-corrected chi connectivity index (χ2v) is 7.51. The number of hydrogen-bond donors (Lipinski definition) is 0. The van der Waals surface area contributed by atoms with Crippen LogP contribution in [0.1, 0.15) is 25.2 Å². The maximum absolute atomic E-state index is 13.5. The molecule has 0 saturated heterocycles. The first-order chi connectivity index (χ1) is 15.3. The maximum atomic E-state index is 13.5. The van der Waals surface area contributed by atoms with Gasteiger partial charge in [0.1, 0.15) is 5.82 Å². The highest BCUT2D eigenvalue weighted by Gasteiger charge is 2.11. The van der Waals surface area contributed by atoms with E-state index in [1.807, 2.05) is 33.8 Å². The van der Waals surface area contributed by atoms with Crippen molar-refractivity contribution in [1.29, 1.82) is 0 Å². The first-order valence-electron chi connectivity index (χ1n) is 9.84. The number of hydrogen-bond acceptors (Lipinski definition) is 4. The molecule has 2 heterocycles. The van der Waals surface area contributed by atoms with Crippen molar-refractivity contribution in [3.63, 3.8) is 0 Å². The van der Waals surface area contributed by atoms with E-state index in [0.29, 0.717) is 26.7 Å². The second-order valence-electron chi connectivity index (χ2n) is 6.26. The molecule has 2 aromatic heterocycles. The molecule has 0 bridgehead atoms. The van der Waals surface area contributed by atoms with Gasteiger partial charge in [0.05, 0.1) is 15.6 Å². The lowest BCUT2D eigenvalue weighted by Gasteiger charge is -2.04. The van der Waals surface area contributed by atoms with Crippen LogP contribution in [0.2, 0.25) is 15.1 Å². The van der Waals surface area contributed by atoms with Crippen molar-refractivity contribution < 1.29 is 4.39 Å². The van der Waals surface area contributed by atoms with Gasteiger partial charge in [-0.2, -0.15) is 0 Å². The highest BCUT2D eigenvalue weighted by Crippen LogP contribution is 2.28. The van der Waals surface area contributed by atoms with E-state index >= 15 is 0 Å². The lowest BCUT2D eigenvalue weighted by atomic mass is 10.2. The SMILES string of the molecule is CC.Cc1ccnc(-c2c(F)cccc2Cl)n1.Cc1ccnc(-c2cc(Cl)ccc2Cl)n1. The molecule has 0 fully saturated rings. The summed E-state index contributed by atoms with van der Waals surface area (Å²) in [5.74, 6) is 0.508. The van der Waals surface area contributed by atoms with Crippen molar-refractivity contribution in [2.45, 2.75) is 27.7 Å². The van der Waals surface area contributed by atoms with Gasteiger partial charge in [0.25, 0.3) is 0 Å². The molecule has 0 unspecified atom stereocenters. The largest absolute Gasteiger partial charge is 0.237 e. The maximum Gasteiger partial charge on any atom is 0.163 e. The van der Waals surface area contributed by atoms with Crippen molar-refractivity contribution in [3.8, 4) is 22.8 Å². The van der Waals surface area contributed by atoms with E-state index in [9.17, 15) is 4.39 Å². The van der Waals surface area contributed by atoms with E-state index in [0.717, 1.165) is 17.0 Å². The van der Waals surface area contributed by atoms with E-state index in [1.54, 1.807) is 48.8 Å². The summed E-state index contributed by atoms with van der Waals surface area (Å²) in [6.07, 6.45) is 3.29. The van der Waals surface area contributed by atoms with Crippen LogP contribution in [-0.4, -0.2) is 19.9 Å². The molecule has 0 atom stereocenters. The van der Waals surface area contributed by atoms with E-state index in [1.165, 1.54) is 6.07 Å². The zero-order valence-corrected chi connectivity index (χ0v) is 20.3. The number of halogens is 4. The predicted octanol–water partition coefficient (Wildman–Crippen LogP) is 8.03. The molecule has 166 valence electrons. The highest BCUT2D eigenvalue weighted by atomic mass is 35.5. The Morgan fingerprint density at radius 1 is 0.719 bits per heavy atom. The van der Waals surface area contributed by atoms with Crippen LogP contribution in [0.15, 0.2) is 60.9 Å². The fourth-order valence-electron chi connectivity index (χ4n) is 2.53. The van der Waals surface area contributed by atoms with E-state index in [4.69, 9.17) is 34.8 Å². The molecule has 0 aliphatic carbocycles. The lowest BCUT2D eigenvalue weighted by Crippen LogP contribution is -1.94. The number of rotatable bonds is 2. The van der Waals surface area contributed by atoms with E-state index < -0.39 is 5.82 Å². The number of nitrogens with zero attached hydrogens (tertiary/aromatic N) is 4. The summed E-state index contributed by atoms with van der Waals surface area (Å²) in [5, 5.41) is 1.55. The Balaban J connectivity index is 0.000000211. The van der Waals surface area contributed by atoms with Crippen molar-refractivity contribution in [3.05, 3.63) is 93.2 Å². The standard InChI is InChI=1S/C11H8Cl2N2.C11H8ClFN2.C2H6/c1-7-4-5-14-11(15-7)9-6-8(12)2-3-10(9)13;1-7-5-6-14-11(15-7)10-8(12)3-2-4-9(10)13;1-2/h2*2-6H,1H3;1-2H3. The molecular weight excluding hydrogens is 470 g/mol. The highest BCUT2D eigenvalue weighted by molar-refractivity contribution is 6.35. The number of benzene rings is 2. The van der Waals surface area contributed by atoms with Crippen LogP contribution < -0.4 is 0 Å². The molecule has 0 aliphatic heterocycles. The van der Waals surface area contributed by atoms with Gasteiger partial charge in [-0.05, 0) is 56.3 Å². The first kappa shape index (κ1) is 25.7. The molecule has 0 radical (unpaired) electrons. The molecule has 0 spiro atoms. The molecule has 0 saturated carbocycles. The summed E-state index contributed by atoms with van der Waals surface area (Å²) in [7, 11) is 0. The molecule has 4 rings (SSSR count). The minimum Gasteiger partial charge on any atom is -0.237 e. The van der Waals surface area contributed by atoms with Gasteiger partial charge in [0, 0.05) is 34.4 Å². The number of aryl methyl sites for hydroxylation is 2. The van der Waals surface area contributed by atoms with Crippen LogP contribution >= 0.6 is 34.8 Å². The minimum absolute atomic E-state index is 0.253. The fourth-order valence-corrected chi connectivity index (χ4v) is 3.15. The Hall–Kier alpha value is -2.60. The molecule has 0 N–H and O–H groups in total. The molecule has 0 aliphatic rings. The zero-order valence-electron chi connectivity index (χ0n) is 18.1. The number of aromatic nitrogens is 4. The Morgan fingerprint density at radius 3 is 1.91 bits per heavy atom. The van der Waals surface area contributed by atoms with Gasteiger partial charge in [-0.1, -0.05) is 54.7 Å². The quantitative estimate of drug-likeness (QED) is 0.285. The molecule has 2 aromatic carbocycles. The third kappa shape index (κ3) is 6.95. The van der Waals surface area contributed by atoms with Gasteiger partial charge >= 0.3 is 0 Å². The summed E-state index contributed by atoms with van der Waals surface area (Å²) < 4.78 is 13.5. The predicted molar refractivity (Wildman–Crippen MR) is 131 cm³/mol. The van der Waals surface area contributed by atoms with Crippen molar-refractivity contribution in [2.75, 3.05) is 0 Å². The molecule has 4 aromatic rings. The Kier molecular flexibility index (Phi) is 9.97. The lowest BCUT2D eigenvalue weighted by molar-refractivity contribution is 0.630. The van der Waals surface area contributed by atoms with Crippen LogP contribution in [0.4, 0.5) is 4.39 Å². The fraction of sp³-hybridized carbons (Fsp3) is 0.167. The second kappa shape index (κ2) is 12.4. The normalized spacial score (nSPS) is 9.88. The third-order valence-electron chi connectivity index (χ3n) is 3.95. The van der Waals surface area contributed by atoms with Crippen LogP contribution in [0.25, 0.3) is 22.8 Å². The average Bonchev–Trinajstić information content (AvgIpc) is 2.77. The molecule has 8 heteroatoms. The Labute approximate surface area is 202 Å². The Morgan fingerprint density at radius 2 is 1.31 bits per heavy atom. The summed E-state index contributed by atoms with van der Waals surface area (Å²) in [5.41, 5.74) is 2.69. The van der Waals surface area contributed by atoms with Crippen molar-refractivity contribution >= 4 is 34.8 Å². The average molecular weight is 492 g/mol. The van der Waals surface area contributed by atoms with Gasteiger partial charge in [0.15, 0.2) is 11.6 Å². The summed E-state index contributed by atoms with van der Waals surface area (Å²) in [6.45, 7) is 7.73. The molecule has 0 amide bonds. The molecular formula is C24H22Cl3FN4. The molecule has 4 nitrogen and oxygen atoms in total. The van der Waals surface area contributed by atoms with Crippen LogP contribution in [-0.2, 0) is 0 Å². The smallest absolute Gasteiger partial charge is 0.163 e. The summed E-state index contributed by atoms with van der Waals surface area (Å²) in [6, 6.07) is 13.3. The Bertz CT molecular complexity index is 1170. The van der Waals surface area contributed by atoms with E-state index in [2.05, 4.69) is 19.9 Å². The van der Waals surface area contributed by atoms with Gasteiger partial charge in [-0.3, -0.25) is 0 Å². The summed E-state index contributed by atoms with van der Waals surface area (Å²) in [4.78, 5) is 16.6. The van der Waals surface area contributed by atoms with Crippen LogP contribution in [0.5, 0.6) is 0 Å². The van der Waals surface area contributed by atoms with Gasteiger partial charge in [0.2, 0.25) is 0 Å². The van der Waals surface area contributed by atoms with Gasteiger partial charge in [-0.15, -0.1) is 0 Å². The minimum atomic E-state index is -0.409. The van der Waals surface area contributed by atoms with Crippen molar-refractivity contribution in [1.82, 2.24) is 19.9 Å². The monoisotopic (exact) mass is 490 g/mol. The van der Waals surface area contributed by atoms with E-state index in [-0.39, 0.29) is 5.56 Å². The third-order valence-corrected chi connectivity index (χ3v) is 4.82. The van der Waals surface area contributed by atoms with Crippen molar-refractivity contribution in [2.24, 2.45) is 0 Å². The first-order valence-corrected chi connectivity index (χ1v) is 11.0. The zero-order chi connectivity index (χ0) is 23.7. The van der Waals surface area contributed by atoms with Gasteiger partial charge in [-0.25, -0.2) is 24.3 Å².